The Bertz CT molecular complexity index is 307. The highest BCUT2D eigenvalue weighted by Crippen LogP contribution is 2.48. The van der Waals surface area contributed by atoms with E-state index in [0.717, 1.165) is 19.4 Å². The standard InChI is InChI=1S/C12H20N2O2/c15-6-8-5-12(7-13-8)9-3-1-2-4-10(9)14-11(12)16/h8-10,13,15H,1-7H2,(H,14,16). The second-order valence-electron chi connectivity index (χ2n) is 5.59. The van der Waals surface area contributed by atoms with Crippen molar-refractivity contribution in [1.29, 1.82) is 0 Å². The van der Waals surface area contributed by atoms with Gasteiger partial charge >= 0.3 is 0 Å². The number of hydrogen-bond donors (Lipinski definition) is 3. The Morgan fingerprint density at radius 1 is 1.38 bits per heavy atom. The van der Waals surface area contributed by atoms with Gasteiger partial charge in [-0.15, -0.1) is 0 Å². The fourth-order valence-corrected chi connectivity index (χ4v) is 3.94. The molecule has 4 unspecified atom stereocenters. The zero-order valence-corrected chi connectivity index (χ0v) is 9.54. The van der Waals surface area contributed by atoms with Crippen LogP contribution in [-0.4, -0.2) is 36.2 Å². The molecule has 0 aromatic carbocycles. The first kappa shape index (κ1) is 10.5. The molecule has 3 aliphatic rings. The number of aliphatic hydroxyl groups excluding tert-OH is 1. The Labute approximate surface area is 95.8 Å². The molecule has 3 fully saturated rings. The van der Waals surface area contributed by atoms with Gasteiger partial charge in [0.1, 0.15) is 0 Å². The molecule has 2 heterocycles. The number of amides is 1. The summed E-state index contributed by atoms with van der Waals surface area (Å²) >= 11 is 0. The van der Waals surface area contributed by atoms with Crippen molar-refractivity contribution in [2.45, 2.75) is 44.2 Å². The van der Waals surface area contributed by atoms with E-state index in [-0.39, 0.29) is 24.0 Å². The topological polar surface area (TPSA) is 61.4 Å². The molecule has 1 amide bonds. The quantitative estimate of drug-likeness (QED) is 0.588. The lowest BCUT2D eigenvalue weighted by Crippen LogP contribution is -2.38. The van der Waals surface area contributed by atoms with Crippen LogP contribution in [0.4, 0.5) is 0 Å². The highest BCUT2D eigenvalue weighted by molar-refractivity contribution is 5.86. The first-order chi connectivity index (χ1) is 7.76. The van der Waals surface area contributed by atoms with Crippen molar-refractivity contribution >= 4 is 5.91 Å². The van der Waals surface area contributed by atoms with Crippen molar-refractivity contribution in [3.05, 3.63) is 0 Å². The molecule has 3 N–H and O–H groups in total. The van der Waals surface area contributed by atoms with Gasteiger partial charge in [-0.25, -0.2) is 0 Å². The number of fused-ring (bicyclic) bond motifs is 2. The molecule has 0 aromatic heterocycles. The van der Waals surface area contributed by atoms with Crippen molar-refractivity contribution in [2.75, 3.05) is 13.2 Å². The maximum Gasteiger partial charge on any atom is 0.228 e. The molecule has 1 saturated carbocycles. The van der Waals surface area contributed by atoms with Crippen LogP contribution in [0.1, 0.15) is 32.1 Å². The fraction of sp³-hybridized carbons (Fsp3) is 0.917. The number of carbonyl (C=O) groups excluding carboxylic acids is 1. The third-order valence-electron chi connectivity index (χ3n) is 4.78. The maximum atomic E-state index is 12.2. The summed E-state index contributed by atoms with van der Waals surface area (Å²) in [5, 5.41) is 15.7. The molecule has 4 heteroatoms. The van der Waals surface area contributed by atoms with Crippen LogP contribution in [0.25, 0.3) is 0 Å². The van der Waals surface area contributed by atoms with Gasteiger partial charge in [0.2, 0.25) is 5.91 Å². The summed E-state index contributed by atoms with van der Waals surface area (Å²) in [7, 11) is 0. The summed E-state index contributed by atoms with van der Waals surface area (Å²) in [5.74, 6) is 0.727. The molecule has 2 saturated heterocycles. The molecule has 0 aromatic rings. The molecule has 0 bridgehead atoms. The smallest absolute Gasteiger partial charge is 0.228 e. The van der Waals surface area contributed by atoms with E-state index in [1.54, 1.807) is 0 Å². The van der Waals surface area contributed by atoms with Gasteiger partial charge in [0, 0.05) is 18.6 Å². The molecular weight excluding hydrogens is 204 g/mol. The Morgan fingerprint density at radius 2 is 2.19 bits per heavy atom. The largest absolute Gasteiger partial charge is 0.395 e. The first-order valence-electron chi connectivity index (χ1n) is 6.41. The predicted molar refractivity (Wildman–Crippen MR) is 59.8 cm³/mol. The minimum Gasteiger partial charge on any atom is -0.395 e. The summed E-state index contributed by atoms with van der Waals surface area (Å²) in [6.07, 6.45) is 5.62. The van der Waals surface area contributed by atoms with Crippen LogP contribution in [0.2, 0.25) is 0 Å². The van der Waals surface area contributed by atoms with Gasteiger partial charge in [0.05, 0.1) is 12.0 Å². The van der Waals surface area contributed by atoms with E-state index < -0.39 is 0 Å². The molecule has 4 nitrogen and oxygen atoms in total. The van der Waals surface area contributed by atoms with Crippen LogP contribution >= 0.6 is 0 Å². The highest BCUT2D eigenvalue weighted by atomic mass is 16.3. The predicted octanol–water partition coefficient (Wildman–Crippen LogP) is 0.0156. The van der Waals surface area contributed by atoms with Crippen molar-refractivity contribution in [3.8, 4) is 0 Å². The average molecular weight is 224 g/mol. The van der Waals surface area contributed by atoms with E-state index in [0.29, 0.717) is 12.0 Å². The summed E-state index contributed by atoms with van der Waals surface area (Å²) in [6.45, 7) is 0.900. The van der Waals surface area contributed by atoms with Crippen LogP contribution in [0.15, 0.2) is 0 Å². The van der Waals surface area contributed by atoms with Gasteiger partial charge in [-0.1, -0.05) is 12.8 Å². The van der Waals surface area contributed by atoms with Gasteiger partial charge in [-0.05, 0) is 25.2 Å². The van der Waals surface area contributed by atoms with Gasteiger partial charge < -0.3 is 15.7 Å². The molecule has 4 atom stereocenters. The van der Waals surface area contributed by atoms with Crippen LogP contribution in [-0.2, 0) is 4.79 Å². The Balaban J connectivity index is 1.85. The first-order valence-corrected chi connectivity index (χ1v) is 6.41. The Kier molecular flexibility index (Phi) is 2.44. The second-order valence-corrected chi connectivity index (χ2v) is 5.59. The number of rotatable bonds is 1. The van der Waals surface area contributed by atoms with Gasteiger partial charge in [-0.3, -0.25) is 4.79 Å². The molecule has 1 aliphatic carbocycles. The van der Waals surface area contributed by atoms with Crippen LogP contribution in [0, 0.1) is 11.3 Å². The molecule has 1 spiro atoms. The van der Waals surface area contributed by atoms with Crippen molar-refractivity contribution < 1.29 is 9.90 Å². The van der Waals surface area contributed by atoms with Crippen molar-refractivity contribution in [1.82, 2.24) is 10.6 Å². The lowest BCUT2D eigenvalue weighted by atomic mass is 9.68. The van der Waals surface area contributed by atoms with Crippen molar-refractivity contribution in [2.24, 2.45) is 11.3 Å². The molecule has 90 valence electrons. The fourth-order valence-electron chi connectivity index (χ4n) is 3.94. The lowest BCUT2D eigenvalue weighted by Gasteiger charge is -2.33. The highest BCUT2D eigenvalue weighted by Gasteiger charge is 2.57. The maximum absolute atomic E-state index is 12.2. The third-order valence-corrected chi connectivity index (χ3v) is 4.78. The van der Waals surface area contributed by atoms with Gasteiger partial charge in [0.25, 0.3) is 0 Å². The normalized spacial score (nSPS) is 47.1. The minimum atomic E-state index is -0.210. The van der Waals surface area contributed by atoms with Crippen LogP contribution in [0.3, 0.4) is 0 Å². The minimum absolute atomic E-state index is 0.117. The average Bonchev–Trinajstić information content (AvgIpc) is 2.85. The molecule has 2 aliphatic heterocycles. The number of carbonyl (C=O) groups is 1. The molecular formula is C12H20N2O2. The van der Waals surface area contributed by atoms with E-state index in [1.807, 2.05) is 0 Å². The van der Waals surface area contributed by atoms with Gasteiger partial charge in [-0.2, -0.15) is 0 Å². The molecule has 16 heavy (non-hydrogen) atoms. The van der Waals surface area contributed by atoms with E-state index in [1.165, 1.54) is 19.3 Å². The van der Waals surface area contributed by atoms with Crippen molar-refractivity contribution in [3.63, 3.8) is 0 Å². The molecule has 0 radical (unpaired) electrons. The van der Waals surface area contributed by atoms with Crippen LogP contribution in [0.5, 0.6) is 0 Å². The third kappa shape index (κ3) is 1.32. The van der Waals surface area contributed by atoms with Crippen LogP contribution < -0.4 is 10.6 Å². The Hall–Kier alpha value is -0.610. The SMILES string of the molecule is O=C1NC2CCCCC2C12CNC(CO)C2. The summed E-state index contributed by atoms with van der Waals surface area (Å²) < 4.78 is 0. The number of nitrogens with one attached hydrogen (secondary N) is 2. The summed E-state index contributed by atoms with van der Waals surface area (Å²) in [6, 6.07) is 0.520. The number of hydrogen-bond acceptors (Lipinski definition) is 3. The molecule has 3 rings (SSSR count). The Morgan fingerprint density at radius 3 is 2.94 bits per heavy atom. The van der Waals surface area contributed by atoms with E-state index in [2.05, 4.69) is 10.6 Å². The lowest BCUT2D eigenvalue weighted by molar-refractivity contribution is -0.128. The number of aliphatic hydroxyl groups is 1. The van der Waals surface area contributed by atoms with E-state index in [9.17, 15) is 9.90 Å². The van der Waals surface area contributed by atoms with Gasteiger partial charge in [0.15, 0.2) is 0 Å². The monoisotopic (exact) mass is 224 g/mol. The zero-order valence-electron chi connectivity index (χ0n) is 9.54. The summed E-state index contributed by atoms with van der Waals surface area (Å²) in [5.41, 5.74) is -0.210. The van der Waals surface area contributed by atoms with E-state index >= 15 is 0 Å². The van der Waals surface area contributed by atoms with E-state index in [4.69, 9.17) is 0 Å². The summed E-state index contributed by atoms with van der Waals surface area (Å²) in [4.78, 5) is 12.2. The zero-order chi connectivity index (χ0) is 11.2. The second kappa shape index (κ2) is 3.70.